The van der Waals surface area contributed by atoms with Gasteiger partial charge >= 0.3 is 6.18 Å². The van der Waals surface area contributed by atoms with Gasteiger partial charge in [-0.25, -0.2) is 0 Å². The summed E-state index contributed by atoms with van der Waals surface area (Å²) >= 11 is 0. The molecule has 0 atom stereocenters. The molecule has 2 aromatic rings. The summed E-state index contributed by atoms with van der Waals surface area (Å²) in [5.74, 6) is 1.89. The van der Waals surface area contributed by atoms with Crippen molar-refractivity contribution in [2.45, 2.75) is 12.7 Å². The lowest BCUT2D eigenvalue weighted by Crippen LogP contribution is -2.40. The molecular formula is C18H24F3N5O2. The second kappa shape index (κ2) is 9.34. The van der Waals surface area contributed by atoms with Gasteiger partial charge in [0.1, 0.15) is 18.1 Å². The minimum absolute atomic E-state index is 0.0426. The van der Waals surface area contributed by atoms with E-state index in [0.29, 0.717) is 24.9 Å². The Morgan fingerprint density at radius 2 is 1.89 bits per heavy atom. The van der Waals surface area contributed by atoms with Crippen LogP contribution in [0.1, 0.15) is 11.3 Å². The number of hydrogen-bond acceptors (Lipinski definition) is 4. The Bertz CT molecular complexity index is 788. The SMILES string of the molecule is CN=C(NCc1cn(C)nc1C(F)(F)F)N(C)CCOc1ccc(OC)cc1. The highest BCUT2D eigenvalue weighted by molar-refractivity contribution is 5.79. The first-order chi connectivity index (χ1) is 13.2. The molecule has 0 unspecified atom stereocenters. The maximum Gasteiger partial charge on any atom is 0.435 e. The topological polar surface area (TPSA) is 63.9 Å². The van der Waals surface area contributed by atoms with Crippen molar-refractivity contribution >= 4 is 5.96 Å². The maximum absolute atomic E-state index is 13.0. The number of aliphatic imine (C=N–C) groups is 1. The number of hydrogen-bond donors (Lipinski definition) is 1. The van der Waals surface area contributed by atoms with Crippen molar-refractivity contribution in [3.63, 3.8) is 0 Å². The van der Waals surface area contributed by atoms with Crippen LogP contribution in [0.25, 0.3) is 0 Å². The average Bonchev–Trinajstić information content (AvgIpc) is 3.04. The molecule has 1 N–H and O–H groups in total. The largest absolute Gasteiger partial charge is 0.497 e. The number of aryl methyl sites for hydroxylation is 1. The number of alkyl halides is 3. The number of benzene rings is 1. The average molecular weight is 399 g/mol. The van der Waals surface area contributed by atoms with Crippen LogP contribution in [-0.4, -0.2) is 55.0 Å². The number of guanidine groups is 1. The highest BCUT2D eigenvalue weighted by Crippen LogP contribution is 2.30. The summed E-state index contributed by atoms with van der Waals surface area (Å²) in [5, 5.41) is 6.42. The molecule has 2 rings (SSSR count). The van der Waals surface area contributed by atoms with Gasteiger partial charge in [-0.1, -0.05) is 0 Å². The van der Waals surface area contributed by atoms with Gasteiger partial charge in [-0.15, -0.1) is 0 Å². The van der Waals surface area contributed by atoms with Crippen molar-refractivity contribution in [2.24, 2.45) is 12.0 Å². The van der Waals surface area contributed by atoms with Crippen molar-refractivity contribution in [3.8, 4) is 11.5 Å². The second-order valence-electron chi connectivity index (χ2n) is 6.02. The molecule has 0 amide bonds. The molecule has 0 saturated heterocycles. The fourth-order valence-electron chi connectivity index (χ4n) is 2.54. The van der Waals surface area contributed by atoms with Crippen LogP contribution >= 0.6 is 0 Å². The molecular weight excluding hydrogens is 375 g/mol. The molecule has 0 aliphatic carbocycles. The zero-order valence-electron chi connectivity index (χ0n) is 16.2. The van der Waals surface area contributed by atoms with E-state index in [-0.39, 0.29) is 12.1 Å². The van der Waals surface area contributed by atoms with Gasteiger partial charge in [0.25, 0.3) is 0 Å². The van der Waals surface area contributed by atoms with Gasteiger partial charge in [-0.2, -0.15) is 18.3 Å². The third-order valence-electron chi connectivity index (χ3n) is 3.94. The van der Waals surface area contributed by atoms with Crippen LogP contribution in [0.5, 0.6) is 11.5 Å². The summed E-state index contributed by atoms with van der Waals surface area (Å²) in [6.45, 7) is 0.828. The van der Waals surface area contributed by atoms with Gasteiger partial charge in [0, 0.05) is 39.4 Å². The minimum atomic E-state index is -4.50. The quantitative estimate of drug-likeness (QED) is 0.573. The molecule has 0 radical (unpaired) electrons. The number of aromatic nitrogens is 2. The molecule has 7 nitrogen and oxygen atoms in total. The highest BCUT2D eigenvalue weighted by atomic mass is 19.4. The zero-order chi connectivity index (χ0) is 20.7. The monoisotopic (exact) mass is 399 g/mol. The Labute approximate surface area is 161 Å². The van der Waals surface area contributed by atoms with Gasteiger partial charge in [0.2, 0.25) is 0 Å². The van der Waals surface area contributed by atoms with Gasteiger partial charge in [-0.3, -0.25) is 9.67 Å². The Morgan fingerprint density at radius 3 is 2.46 bits per heavy atom. The van der Waals surface area contributed by atoms with Crippen molar-refractivity contribution in [1.82, 2.24) is 20.0 Å². The first-order valence-electron chi connectivity index (χ1n) is 8.53. The summed E-state index contributed by atoms with van der Waals surface area (Å²) in [7, 11) is 6.39. The predicted octanol–water partition coefficient (Wildman–Crippen LogP) is 2.53. The number of methoxy groups -OCH3 is 1. The molecule has 0 fully saturated rings. The zero-order valence-corrected chi connectivity index (χ0v) is 16.2. The van der Waals surface area contributed by atoms with Crippen LogP contribution in [0.15, 0.2) is 35.5 Å². The molecule has 1 heterocycles. The van der Waals surface area contributed by atoms with Crippen molar-refractivity contribution in [2.75, 3.05) is 34.4 Å². The number of rotatable bonds is 7. The second-order valence-corrected chi connectivity index (χ2v) is 6.02. The standard InChI is InChI=1S/C18H24F3N5O2/c1-22-17(23-11-13-12-26(3)24-16(13)18(19,20)21)25(2)9-10-28-15-7-5-14(27-4)6-8-15/h5-8,12H,9-11H2,1-4H3,(H,22,23). The molecule has 10 heteroatoms. The third-order valence-corrected chi connectivity index (χ3v) is 3.94. The molecule has 1 aromatic carbocycles. The molecule has 0 aliphatic heterocycles. The molecule has 0 saturated carbocycles. The summed E-state index contributed by atoms with van der Waals surface area (Å²) < 4.78 is 51.0. The van der Waals surface area contributed by atoms with E-state index in [9.17, 15) is 13.2 Å². The van der Waals surface area contributed by atoms with E-state index < -0.39 is 11.9 Å². The van der Waals surface area contributed by atoms with E-state index in [2.05, 4.69) is 15.4 Å². The fraction of sp³-hybridized carbons (Fsp3) is 0.444. The smallest absolute Gasteiger partial charge is 0.435 e. The van der Waals surface area contributed by atoms with Gasteiger partial charge in [0.15, 0.2) is 11.7 Å². The van der Waals surface area contributed by atoms with Crippen molar-refractivity contribution in [3.05, 3.63) is 41.7 Å². The minimum Gasteiger partial charge on any atom is -0.497 e. The van der Waals surface area contributed by atoms with Crippen LogP contribution < -0.4 is 14.8 Å². The van der Waals surface area contributed by atoms with Crippen molar-refractivity contribution in [1.29, 1.82) is 0 Å². The van der Waals surface area contributed by atoms with Crippen LogP contribution in [0.4, 0.5) is 13.2 Å². The Balaban J connectivity index is 1.87. The van der Waals surface area contributed by atoms with Crippen LogP contribution in [0, 0.1) is 0 Å². The summed E-state index contributed by atoms with van der Waals surface area (Å²) in [5.41, 5.74) is -0.845. The van der Waals surface area contributed by atoms with E-state index in [4.69, 9.17) is 9.47 Å². The summed E-state index contributed by atoms with van der Waals surface area (Å²) in [6.07, 6.45) is -3.16. The van der Waals surface area contributed by atoms with E-state index in [0.717, 1.165) is 10.4 Å². The molecule has 0 aliphatic rings. The Morgan fingerprint density at radius 1 is 1.25 bits per heavy atom. The lowest BCUT2D eigenvalue weighted by molar-refractivity contribution is -0.142. The van der Waals surface area contributed by atoms with E-state index in [1.54, 1.807) is 50.4 Å². The molecule has 0 spiro atoms. The van der Waals surface area contributed by atoms with Gasteiger partial charge in [0.05, 0.1) is 13.7 Å². The molecule has 154 valence electrons. The first kappa shape index (κ1) is 21.4. The predicted molar refractivity (Wildman–Crippen MR) is 99.5 cm³/mol. The van der Waals surface area contributed by atoms with Gasteiger partial charge in [-0.05, 0) is 24.3 Å². The lowest BCUT2D eigenvalue weighted by Gasteiger charge is -2.22. The molecule has 1 aromatic heterocycles. The van der Waals surface area contributed by atoms with E-state index in [1.807, 2.05) is 0 Å². The first-order valence-corrected chi connectivity index (χ1v) is 8.53. The van der Waals surface area contributed by atoms with Crippen LogP contribution in [-0.2, 0) is 19.8 Å². The summed E-state index contributed by atoms with van der Waals surface area (Å²) in [6, 6.07) is 7.19. The van der Waals surface area contributed by atoms with Crippen molar-refractivity contribution < 1.29 is 22.6 Å². The Kier molecular flexibility index (Phi) is 7.13. The third kappa shape index (κ3) is 5.80. The fourth-order valence-corrected chi connectivity index (χ4v) is 2.54. The number of ether oxygens (including phenoxy) is 2. The van der Waals surface area contributed by atoms with E-state index in [1.165, 1.54) is 13.2 Å². The van der Waals surface area contributed by atoms with E-state index >= 15 is 0 Å². The summed E-state index contributed by atoms with van der Waals surface area (Å²) in [4.78, 5) is 5.87. The van der Waals surface area contributed by atoms with Crippen LogP contribution in [0.3, 0.4) is 0 Å². The van der Waals surface area contributed by atoms with Crippen LogP contribution in [0.2, 0.25) is 0 Å². The number of nitrogens with zero attached hydrogens (tertiary/aromatic N) is 4. The number of halogens is 3. The number of likely N-dealkylation sites (N-methyl/N-ethyl adjacent to an activating group) is 1. The lowest BCUT2D eigenvalue weighted by atomic mass is 10.2. The van der Waals surface area contributed by atoms with Gasteiger partial charge < -0.3 is 19.7 Å². The number of nitrogens with one attached hydrogen (secondary N) is 1. The maximum atomic E-state index is 13.0. The molecule has 28 heavy (non-hydrogen) atoms. The Hall–Kier alpha value is -2.91. The normalized spacial score (nSPS) is 12.0. The highest BCUT2D eigenvalue weighted by Gasteiger charge is 2.36. The molecule has 0 bridgehead atoms.